The van der Waals surface area contributed by atoms with Crippen LogP contribution in [0.25, 0.3) is 22.5 Å². The molecule has 0 atom stereocenters. The molecule has 2 aromatic carbocycles. The molecule has 1 aromatic heterocycles. The third-order valence-corrected chi connectivity index (χ3v) is 5.43. The number of hydrazine groups is 1. The summed E-state index contributed by atoms with van der Waals surface area (Å²) in [4.78, 5) is 4.06. The number of nitrogens with one attached hydrogen (secondary N) is 2. The molecule has 3 aromatic rings. The van der Waals surface area contributed by atoms with E-state index in [2.05, 4.69) is 33.6 Å². The van der Waals surface area contributed by atoms with Gasteiger partial charge in [-0.25, -0.2) is 11.4 Å². The molecular weight excluding hydrogens is 422 g/mol. The van der Waals surface area contributed by atoms with Crippen molar-refractivity contribution in [2.45, 2.75) is 25.7 Å². The van der Waals surface area contributed by atoms with Crippen LogP contribution in [0.4, 0.5) is 0 Å². The summed E-state index contributed by atoms with van der Waals surface area (Å²) in [5, 5.41) is 8.47. The van der Waals surface area contributed by atoms with Crippen LogP contribution in [0.15, 0.2) is 96.6 Å². The van der Waals surface area contributed by atoms with Crippen LogP contribution in [-0.4, -0.2) is 23.1 Å². The van der Waals surface area contributed by atoms with Crippen molar-refractivity contribution in [2.75, 3.05) is 13.1 Å². The van der Waals surface area contributed by atoms with Crippen LogP contribution in [0.2, 0.25) is 0 Å². The van der Waals surface area contributed by atoms with E-state index in [0.29, 0.717) is 11.4 Å². The van der Waals surface area contributed by atoms with Gasteiger partial charge in [0.15, 0.2) is 0 Å². The summed E-state index contributed by atoms with van der Waals surface area (Å²) in [6, 6.07) is 22.1. The Balaban J connectivity index is 1.39. The minimum absolute atomic E-state index is 0.574. The number of nitrogens with zero attached hydrogens (tertiary/aromatic N) is 3. The molecule has 0 aliphatic rings. The molecule has 0 amide bonds. The number of nitrogens with two attached hydrogens (primary N) is 2. The van der Waals surface area contributed by atoms with E-state index >= 15 is 0 Å². The van der Waals surface area contributed by atoms with Crippen molar-refractivity contribution in [1.29, 1.82) is 5.53 Å². The Morgan fingerprint density at radius 1 is 0.971 bits per heavy atom. The first-order valence-electron chi connectivity index (χ1n) is 11.5. The average molecular weight is 456 g/mol. The van der Waals surface area contributed by atoms with Crippen LogP contribution in [0, 0.1) is 5.53 Å². The van der Waals surface area contributed by atoms with Crippen LogP contribution in [0.1, 0.15) is 36.8 Å². The lowest BCUT2D eigenvalue weighted by atomic mass is 9.98. The van der Waals surface area contributed by atoms with Gasteiger partial charge < -0.3 is 16.1 Å². The van der Waals surface area contributed by atoms with E-state index in [-0.39, 0.29) is 0 Å². The van der Waals surface area contributed by atoms with Crippen molar-refractivity contribution in [1.82, 2.24) is 15.3 Å². The molecule has 0 saturated heterocycles. The quantitative estimate of drug-likeness (QED) is 0.120. The van der Waals surface area contributed by atoms with Crippen LogP contribution >= 0.6 is 0 Å². The lowest BCUT2D eigenvalue weighted by Gasteiger charge is -2.16. The minimum atomic E-state index is 0.574. The second-order valence-corrected chi connectivity index (χ2v) is 7.99. The molecule has 176 valence electrons. The molecule has 0 fully saturated rings. The van der Waals surface area contributed by atoms with Gasteiger partial charge in [-0.2, -0.15) is 5.11 Å². The average Bonchev–Trinajstić information content (AvgIpc) is 2.89. The number of rotatable bonds is 13. The van der Waals surface area contributed by atoms with Gasteiger partial charge in [-0.05, 0) is 36.1 Å². The van der Waals surface area contributed by atoms with Crippen molar-refractivity contribution >= 4 is 11.4 Å². The second kappa shape index (κ2) is 13.5. The highest BCUT2D eigenvalue weighted by Crippen LogP contribution is 2.26. The molecule has 0 radical (unpaired) electrons. The fourth-order valence-electron chi connectivity index (χ4n) is 3.66. The molecule has 0 saturated carbocycles. The SMILES string of the molecule is N=N/C(=C\NCCCCCCN(N)/C=C(\N)c1ccccc1-c1ccccc1)c1cccnc1. The van der Waals surface area contributed by atoms with Crippen molar-refractivity contribution in [3.63, 3.8) is 0 Å². The number of hydrogen-bond acceptors (Lipinski definition) is 7. The maximum Gasteiger partial charge on any atom is 0.109 e. The van der Waals surface area contributed by atoms with Crippen molar-refractivity contribution < 1.29 is 0 Å². The summed E-state index contributed by atoms with van der Waals surface area (Å²) in [5.41, 5.74) is 19.0. The fraction of sp³-hybridized carbons (Fsp3) is 0.222. The number of unbranched alkanes of at least 4 members (excludes halogenated alkanes) is 3. The fourth-order valence-corrected chi connectivity index (χ4v) is 3.66. The highest BCUT2D eigenvalue weighted by molar-refractivity contribution is 5.79. The highest BCUT2D eigenvalue weighted by Gasteiger charge is 2.07. The van der Waals surface area contributed by atoms with Crippen molar-refractivity contribution in [3.8, 4) is 11.1 Å². The van der Waals surface area contributed by atoms with Crippen LogP contribution in [0.3, 0.4) is 0 Å². The summed E-state index contributed by atoms with van der Waals surface area (Å²) in [6.07, 6.45) is 11.2. The van der Waals surface area contributed by atoms with E-state index in [1.54, 1.807) is 23.6 Å². The van der Waals surface area contributed by atoms with E-state index in [4.69, 9.17) is 17.1 Å². The number of benzene rings is 2. The van der Waals surface area contributed by atoms with Crippen molar-refractivity contribution in [3.05, 3.63) is 103 Å². The Kier molecular flexibility index (Phi) is 9.83. The zero-order chi connectivity index (χ0) is 24.0. The zero-order valence-electron chi connectivity index (χ0n) is 19.4. The molecule has 0 spiro atoms. The molecule has 6 N–H and O–H groups in total. The molecule has 0 aliphatic carbocycles. The Bertz CT molecular complexity index is 1080. The van der Waals surface area contributed by atoms with Gasteiger partial charge >= 0.3 is 0 Å². The summed E-state index contributed by atoms with van der Waals surface area (Å²) >= 11 is 0. The molecule has 34 heavy (non-hydrogen) atoms. The summed E-state index contributed by atoms with van der Waals surface area (Å²) in [7, 11) is 0. The Hall–Kier alpha value is -3.97. The molecule has 7 heteroatoms. The summed E-state index contributed by atoms with van der Waals surface area (Å²) in [6.45, 7) is 1.57. The molecule has 0 unspecified atom stereocenters. The number of aromatic nitrogens is 1. The van der Waals surface area contributed by atoms with Gasteiger partial charge in [0.05, 0.1) is 5.70 Å². The largest absolute Gasteiger partial charge is 0.397 e. The third-order valence-electron chi connectivity index (χ3n) is 5.43. The molecule has 1 heterocycles. The Morgan fingerprint density at radius 2 is 1.74 bits per heavy atom. The standard InChI is InChI=1S/C27H33N7/c28-26(25-15-7-6-14-24(25)22-11-4-3-5-12-22)21-34(30)18-9-2-1-8-16-32-20-27(33-29)23-13-10-17-31-19-23/h3-7,10-15,17,19-21,29,32H,1-2,8-9,16,18,28,30H2/b26-21-,27-20-,33-29?. The first-order valence-corrected chi connectivity index (χ1v) is 11.5. The lowest BCUT2D eigenvalue weighted by Crippen LogP contribution is -2.27. The lowest BCUT2D eigenvalue weighted by molar-refractivity contribution is 0.378. The maximum absolute atomic E-state index is 7.33. The van der Waals surface area contributed by atoms with Crippen LogP contribution in [-0.2, 0) is 0 Å². The molecule has 0 bridgehead atoms. The first-order chi connectivity index (χ1) is 16.7. The smallest absolute Gasteiger partial charge is 0.109 e. The van der Waals surface area contributed by atoms with E-state index in [9.17, 15) is 0 Å². The molecular formula is C27H33N7. The topological polar surface area (TPSA) is 116 Å². The molecule has 7 nitrogen and oxygen atoms in total. The van der Waals surface area contributed by atoms with Gasteiger partial charge in [0.2, 0.25) is 0 Å². The Morgan fingerprint density at radius 3 is 2.50 bits per heavy atom. The van der Waals surface area contributed by atoms with Crippen LogP contribution < -0.4 is 16.9 Å². The molecule has 3 rings (SSSR count). The van der Waals surface area contributed by atoms with Gasteiger partial charge in [0.1, 0.15) is 5.70 Å². The minimum Gasteiger partial charge on any atom is -0.397 e. The third kappa shape index (κ3) is 7.56. The van der Waals surface area contributed by atoms with Gasteiger partial charge in [-0.3, -0.25) is 4.98 Å². The maximum atomic E-state index is 7.33. The predicted molar refractivity (Wildman–Crippen MR) is 139 cm³/mol. The van der Waals surface area contributed by atoms with E-state index in [0.717, 1.165) is 61.0 Å². The van der Waals surface area contributed by atoms with Gasteiger partial charge in [-0.15, -0.1) is 0 Å². The van der Waals surface area contributed by atoms with Crippen molar-refractivity contribution in [2.24, 2.45) is 16.7 Å². The predicted octanol–water partition coefficient (Wildman–Crippen LogP) is 5.36. The monoisotopic (exact) mass is 455 g/mol. The Labute approximate surface area is 201 Å². The number of hydrogen-bond donors (Lipinski definition) is 4. The first kappa shape index (κ1) is 24.7. The van der Waals surface area contributed by atoms with E-state index in [1.165, 1.54) is 0 Å². The van der Waals surface area contributed by atoms with E-state index in [1.807, 2.05) is 54.7 Å². The van der Waals surface area contributed by atoms with Crippen LogP contribution in [0.5, 0.6) is 0 Å². The van der Waals surface area contributed by atoms with Gasteiger partial charge in [-0.1, -0.05) is 67.4 Å². The normalized spacial score (nSPS) is 11.8. The van der Waals surface area contributed by atoms with Gasteiger partial charge in [0.25, 0.3) is 0 Å². The van der Waals surface area contributed by atoms with Gasteiger partial charge in [0, 0.05) is 49.0 Å². The summed E-state index contributed by atoms with van der Waals surface area (Å²) < 4.78 is 0. The summed E-state index contributed by atoms with van der Waals surface area (Å²) in [5.74, 6) is 6.19. The van der Waals surface area contributed by atoms with E-state index < -0.39 is 0 Å². The highest BCUT2D eigenvalue weighted by atomic mass is 15.4. The number of pyridine rings is 1. The molecule has 0 aliphatic heterocycles. The zero-order valence-corrected chi connectivity index (χ0v) is 19.4. The second-order valence-electron chi connectivity index (χ2n) is 7.99.